The number of thioether (sulfide) groups is 1. The average Bonchev–Trinajstić information content (AvgIpc) is 3.58. The van der Waals surface area contributed by atoms with Crippen molar-refractivity contribution >= 4 is 52.2 Å². The first-order chi connectivity index (χ1) is 17.3. The van der Waals surface area contributed by atoms with Crippen molar-refractivity contribution in [2.24, 2.45) is 0 Å². The van der Waals surface area contributed by atoms with Crippen LogP contribution in [0.4, 0.5) is 10.6 Å². The van der Waals surface area contributed by atoms with Gasteiger partial charge in [0, 0.05) is 30.0 Å². The van der Waals surface area contributed by atoms with Gasteiger partial charge >= 0.3 is 12.0 Å². The van der Waals surface area contributed by atoms with Gasteiger partial charge in [-0.2, -0.15) is 16.7 Å². The van der Waals surface area contributed by atoms with Gasteiger partial charge in [0.2, 0.25) is 5.28 Å². The highest BCUT2D eigenvalue weighted by molar-refractivity contribution is 8.00. The van der Waals surface area contributed by atoms with Crippen LogP contribution in [-0.4, -0.2) is 73.0 Å². The third-order valence-electron chi connectivity index (χ3n) is 6.94. The normalized spacial score (nSPS) is 31.1. The lowest BCUT2D eigenvalue weighted by Gasteiger charge is -2.26. The summed E-state index contributed by atoms with van der Waals surface area (Å²) in [5.74, 6) is 3.21. The van der Waals surface area contributed by atoms with Gasteiger partial charge < -0.3 is 35.5 Å². The molecule has 3 aliphatic heterocycles. The van der Waals surface area contributed by atoms with Gasteiger partial charge in [-0.15, -0.1) is 6.42 Å². The molecule has 0 aromatic carbocycles. The lowest BCUT2D eigenvalue weighted by molar-refractivity contribution is -0.156. The van der Waals surface area contributed by atoms with Crippen molar-refractivity contribution in [2.45, 2.75) is 67.4 Å². The summed E-state index contributed by atoms with van der Waals surface area (Å²) in [6.07, 6.45) is 8.51. The molecular weight excluding hydrogens is 508 g/mol. The second kappa shape index (κ2) is 9.97. The Hall–Kier alpha value is -2.72. The number of carbonyl (C=O) groups excluding carboxylic acids is 2. The molecule has 5 N–H and O–H groups in total. The average molecular weight is 535 g/mol. The minimum atomic E-state index is -1.48. The maximum atomic E-state index is 12.4. The van der Waals surface area contributed by atoms with Crippen molar-refractivity contribution in [3.05, 3.63) is 17.5 Å². The van der Waals surface area contributed by atoms with Crippen molar-refractivity contribution < 1.29 is 24.2 Å². The molecule has 3 aliphatic rings. The van der Waals surface area contributed by atoms with Gasteiger partial charge in [-0.25, -0.2) is 9.78 Å². The fourth-order valence-corrected chi connectivity index (χ4v) is 6.72. The molecule has 6 atom stereocenters. The highest BCUT2D eigenvalue weighted by Gasteiger charge is 2.49. The van der Waals surface area contributed by atoms with Gasteiger partial charge in [-0.3, -0.25) is 4.79 Å². The van der Waals surface area contributed by atoms with Crippen LogP contribution in [0, 0.1) is 12.3 Å². The van der Waals surface area contributed by atoms with Crippen LogP contribution in [-0.2, 0) is 14.3 Å². The Morgan fingerprint density at radius 3 is 3.08 bits per heavy atom. The smallest absolute Gasteiger partial charge is 0.315 e. The molecule has 2 amide bonds. The van der Waals surface area contributed by atoms with E-state index >= 15 is 0 Å². The Labute approximate surface area is 216 Å². The maximum Gasteiger partial charge on any atom is 0.315 e. The minimum Gasteiger partial charge on any atom is -0.461 e. The van der Waals surface area contributed by atoms with E-state index in [2.05, 4.69) is 26.5 Å². The summed E-state index contributed by atoms with van der Waals surface area (Å²) in [7, 11) is 0. The molecule has 5 rings (SSSR count). The number of aliphatic hydroxyl groups excluding tert-OH is 1. The van der Waals surface area contributed by atoms with E-state index in [9.17, 15) is 14.7 Å². The standard InChI is InChI=1S/C23H27ClN6O5S/c1-2-23(11-34-17(32)6-4-3-5-14-18-13(10-36-14)26-22(33)27-18)15(31)9-16(35-23)30-8-7-12-19(25)28-21(24)29-20(12)30/h1,7-8,13-16,18,31H,3-6,9-11H2,(H2,25,28,29)(H2,26,27,33)/t13-,14-,15-,16+,18-,23+/m0/s1. The lowest BCUT2D eigenvalue weighted by atomic mass is 9.99. The SMILES string of the molecule is C#C[C@]1(COC(=O)CCCC[C@@H]2SC[C@@H]3NC(=O)N[C@@H]32)O[C@@H](n2ccc3c(N)nc(Cl)nc32)C[C@@H]1O. The Morgan fingerprint density at radius 2 is 2.28 bits per heavy atom. The van der Waals surface area contributed by atoms with Crippen LogP contribution in [0.1, 0.15) is 38.3 Å². The lowest BCUT2D eigenvalue weighted by Crippen LogP contribution is -2.43. The van der Waals surface area contributed by atoms with E-state index in [0.29, 0.717) is 22.7 Å². The molecule has 0 saturated carbocycles. The second-order valence-electron chi connectivity index (χ2n) is 9.22. The third-order valence-corrected chi connectivity index (χ3v) is 8.62. The van der Waals surface area contributed by atoms with Crippen molar-refractivity contribution in [2.75, 3.05) is 18.1 Å². The first-order valence-corrected chi connectivity index (χ1v) is 13.2. The summed E-state index contributed by atoms with van der Waals surface area (Å²) in [6, 6.07) is 1.96. The molecule has 13 heteroatoms. The number of carbonyl (C=O) groups is 2. The number of terminal acetylenes is 1. The van der Waals surface area contributed by atoms with Crippen LogP contribution in [0.3, 0.4) is 0 Å². The number of nitrogen functional groups attached to an aromatic ring is 1. The highest BCUT2D eigenvalue weighted by Crippen LogP contribution is 2.39. The number of fused-ring (bicyclic) bond motifs is 2. The zero-order chi connectivity index (χ0) is 25.4. The van der Waals surface area contributed by atoms with Crippen LogP contribution in [0.15, 0.2) is 12.3 Å². The van der Waals surface area contributed by atoms with Crippen LogP contribution >= 0.6 is 23.4 Å². The first-order valence-electron chi connectivity index (χ1n) is 11.8. The zero-order valence-electron chi connectivity index (χ0n) is 19.4. The molecular formula is C23H27ClN6O5S. The van der Waals surface area contributed by atoms with Gasteiger partial charge in [0.05, 0.1) is 17.5 Å². The monoisotopic (exact) mass is 534 g/mol. The predicted octanol–water partition coefficient (Wildman–Crippen LogP) is 1.59. The van der Waals surface area contributed by atoms with Gasteiger partial charge in [0.15, 0.2) is 5.60 Å². The molecule has 0 unspecified atom stereocenters. The van der Waals surface area contributed by atoms with Gasteiger partial charge in [-0.1, -0.05) is 12.3 Å². The van der Waals surface area contributed by atoms with Gasteiger partial charge in [0.25, 0.3) is 0 Å². The molecule has 0 radical (unpaired) electrons. The molecule has 2 aromatic heterocycles. The van der Waals surface area contributed by atoms with Crippen molar-refractivity contribution in [1.29, 1.82) is 0 Å². The number of esters is 1. The van der Waals surface area contributed by atoms with Crippen molar-refractivity contribution in [1.82, 2.24) is 25.2 Å². The summed E-state index contributed by atoms with van der Waals surface area (Å²) in [6.45, 7) is -0.267. The number of aromatic nitrogens is 3. The molecule has 3 fully saturated rings. The number of amides is 2. The number of nitrogens with two attached hydrogens (primary N) is 1. The number of aliphatic hydroxyl groups is 1. The molecule has 0 spiro atoms. The first kappa shape index (κ1) is 25.0. The largest absolute Gasteiger partial charge is 0.461 e. The maximum absolute atomic E-state index is 12.4. The molecule has 192 valence electrons. The van der Waals surface area contributed by atoms with E-state index in [1.54, 1.807) is 16.8 Å². The van der Waals surface area contributed by atoms with E-state index in [-0.39, 0.29) is 48.7 Å². The van der Waals surface area contributed by atoms with Crippen LogP contribution in [0.25, 0.3) is 11.0 Å². The van der Waals surface area contributed by atoms with E-state index in [1.807, 2.05) is 11.8 Å². The molecule has 0 aliphatic carbocycles. The molecule has 5 heterocycles. The third kappa shape index (κ3) is 4.68. The van der Waals surface area contributed by atoms with Crippen LogP contribution in [0.2, 0.25) is 5.28 Å². The summed E-state index contributed by atoms with van der Waals surface area (Å²) in [5.41, 5.74) is 4.89. The van der Waals surface area contributed by atoms with Gasteiger partial charge in [-0.05, 0) is 30.5 Å². The number of nitrogens with zero attached hydrogens (tertiary/aromatic N) is 3. The Morgan fingerprint density at radius 1 is 1.44 bits per heavy atom. The molecule has 2 aromatic rings. The summed E-state index contributed by atoms with van der Waals surface area (Å²) in [4.78, 5) is 32.0. The van der Waals surface area contributed by atoms with Crippen LogP contribution in [0.5, 0.6) is 0 Å². The Bertz CT molecular complexity index is 1220. The molecule has 11 nitrogen and oxygen atoms in total. The van der Waals surface area contributed by atoms with E-state index < -0.39 is 23.9 Å². The zero-order valence-corrected chi connectivity index (χ0v) is 20.9. The van der Waals surface area contributed by atoms with E-state index in [4.69, 9.17) is 33.2 Å². The molecule has 3 saturated heterocycles. The Kier molecular flexibility index (Phi) is 6.91. The van der Waals surface area contributed by atoms with Crippen molar-refractivity contribution in [3.63, 3.8) is 0 Å². The highest BCUT2D eigenvalue weighted by atomic mass is 35.5. The number of hydrogen-bond acceptors (Lipinski definition) is 9. The predicted molar refractivity (Wildman–Crippen MR) is 134 cm³/mol. The number of nitrogens with one attached hydrogen (secondary N) is 2. The van der Waals surface area contributed by atoms with Crippen LogP contribution < -0.4 is 16.4 Å². The number of rotatable bonds is 8. The summed E-state index contributed by atoms with van der Waals surface area (Å²) in [5, 5.41) is 17.6. The Balaban J connectivity index is 1.12. The second-order valence-corrected chi connectivity index (χ2v) is 10.8. The topological polar surface area (TPSA) is 154 Å². The number of halogens is 1. The fourth-order valence-electron chi connectivity index (χ4n) is 5.00. The molecule has 36 heavy (non-hydrogen) atoms. The fraction of sp³-hybridized carbons (Fsp3) is 0.565. The minimum absolute atomic E-state index is 0.00774. The van der Waals surface area contributed by atoms with E-state index in [1.165, 1.54) is 0 Å². The number of anilines is 1. The van der Waals surface area contributed by atoms with Gasteiger partial charge in [0.1, 0.15) is 30.4 Å². The summed E-state index contributed by atoms with van der Waals surface area (Å²) >= 11 is 7.80. The van der Waals surface area contributed by atoms with E-state index in [0.717, 1.165) is 18.6 Å². The number of urea groups is 1. The van der Waals surface area contributed by atoms with Crippen molar-refractivity contribution in [3.8, 4) is 12.3 Å². The summed E-state index contributed by atoms with van der Waals surface area (Å²) < 4.78 is 13.1. The number of ether oxygens (including phenoxy) is 2. The number of hydrogen-bond donors (Lipinski definition) is 4. The number of unbranched alkanes of at least 4 members (excludes halogenated alkanes) is 1. The molecule has 0 bridgehead atoms. The quantitative estimate of drug-likeness (QED) is 0.130.